The number of halogens is 5. The molecular weight excluding hydrogens is 394 g/mol. The van der Waals surface area contributed by atoms with E-state index >= 15 is 0 Å². The number of carbonyl (C=O) groups is 2. The van der Waals surface area contributed by atoms with Gasteiger partial charge in [0.25, 0.3) is 0 Å². The van der Waals surface area contributed by atoms with Gasteiger partial charge in [0, 0.05) is 17.1 Å². The lowest BCUT2D eigenvalue weighted by Gasteiger charge is -2.12. The summed E-state index contributed by atoms with van der Waals surface area (Å²) >= 11 is 10.9. The van der Waals surface area contributed by atoms with Crippen LogP contribution < -0.4 is 16.0 Å². The van der Waals surface area contributed by atoms with E-state index in [1.165, 1.54) is 30.3 Å². The quantitative estimate of drug-likeness (QED) is 0.613. The van der Waals surface area contributed by atoms with E-state index in [0.717, 1.165) is 12.1 Å². The maximum Gasteiger partial charge on any atom is 0.417 e. The zero-order chi connectivity index (χ0) is 19.3. The van der Waals surface area contributed by atoms with Crippen molar-refractivity contribution in [3.63, 3.8) is 0 Å². The summed E-state index contributed by atoms with van der Waals surface area (Å²) in [6.45, 7) is 0. The normalized spacial score (nSPS) is 11.0. The van der Waals surface area contributed by atoms with Crippen molar-refractivity contribution in [3.8, 4) is 0 Å². The molecule has 0 radical (unpaired) electrons. The van der Waals surface area contributed by atoms with E-state index in [2.05, 4.69) is 16.0 Å². The number of benzene rings is 2. The Labute approximate surface area is 156 Å². The molecule has 0 saturated carbocycles. The second-order valence-corrected chi connectivity index (χ2v) is 5.71. The van der Waals surface area contributed by atoms with Gasteiger partial charge in [-0.2, -0.15) is 13.2 Å². The minimum absolute atomic E-state index is 0.0646. The fourth-order valence-electron chi connectivity index (χ4n) is 1.94. The highest BCUT2D eigenvalue weighted by molar-refractivity contribution is 6.31. The van der Waals surface area contributed by atoms with E-state index in [1.807, 2.05) is 0 Å². The molecule has 138 valence electrons. The first kappa shape index (κ1) is 19.9. The van der Waals surface area contributed by atoms with Crippen molar-refractivity contribution in [1.82, 2.24) is 0 Å². The van der Waals surface area contributed by atoms with Crippen molar-refractivity contribution < 1.29 is 22.8 Å². The van der Waals surface area contributed by atoms with Crippen LogP contribution in [0.15, 0.2) is 42.5 Å². The highest BCUT2D eigenvalue weighted by Crippen LogP contribution is 2.36. The first-order valence-electron chi connectivity index (χ1n) is 7.09. The molecule has 0 unspecified atom stereocenters. The van der Waals surface area contributed by atoms with Gasteiger partial charge < -0.3 is 16.0 Å². The van der Waals surface area contributed by atoms with Gasteiger partial charge in [0.2, 0.25) is 5.91 Å². The number of nitrogens with one attached hydrogen (secondary N) is 3. The number of anilines is 3. The molecule has 0 aliphatic carbocycles. The van der Waals surface area contributed by atoms with Crippen molar-refractivity contribution in [2.75, 3.05) is 21.8 Å². The number of carbonyl (C=O) groups excluding carboxylic acids is 2. The van der Waals surface area contributed by atoms with Crippen LogP contribution in [0.4, 0.5) is 35.0 Å². The zero-order valence-electron chi connectivity index (χ0n) is 13.0. The number of hydrogen-bond donors (Lipinski definition) is 3. The molecule has 0 aliphatic heterocycles. The third-order valence-corrected chi connectivity index (χ3v) is 3.65. The van der Waals surface area contributed by atoms with Crippen molar-refractivity contribution in [1.29, 1.82) is 0 Å². The third-order valence-electron chi connectivity index (χ3n) is 3.08. The lowest BCUT2D eigenvalue weighted by atomic mass is 10.2. The van der Waals surface area contributed by atoms with Crippen LogP contribution in [0.1, 0.15) is 5.56 Å². The third kappa shape index (κ3) is 5.53. The zero-order valence-corrected chi connectivity index (χ0v) is 14.5. The van der Waals surface area contributed by atoms with E-state index in [9.17, 15) is 22.8 Å². The van der Waals surface area contributed by atoms with Crippen molar-refractivity contribution in [3.05, 3.63) is 53.1 Å². The molecule has 2 rings (SSSR count). The second-order valence-electron chi connectivity index (χ2n) is 5.03. The minimum Gasteiger partial charge on any atom is -0.325 e. The Bertz CT molecular complexity index is 811. The Morgan fingerprint density at radius 1 is 0.885 bits per heavy atom. The number of alkyl halides is 4. The van der Waals surface area contributed by atoms with E-state index in [0.29, 0.717) is 11.4 Å². The number of hydrogen-bond acceptors (Lipinski definition) is 2. The largest absolute Gasteiger partial charge is 0.417 e. The second kappa shape index (κ2) is 8.29. The average molecular weight is 406 g/mol. The Morgan fingerprint density at radius 2 is 1.38 bits per heavy atom. The van der Waals surface area contributed by atoms with Crippen LogP contribution in [0, 0.1) is 0 Å². The monoisotopic (exact) mass is 405 g/mol. The molecule has 0 aromatic heterocycles. The molecule has 0 bridgehead atoms. The van der Waals surface area contributed by atoms with Gasteiger partial charge >= 0.3 is 12.2 Å². The smallest absolute Gasteiger partial charge is 0.325 e. The van der Waals surface area contributed by atoms with Crippen LogP contribution in [-0.2, 0) is 11.0 Å². The van der Waals surface area contributed by atoms with Gasteiger partial charge in [-0.15, -0.1) is 11.6 Å². The molecule has 3 N–H and O–H groups in total. The fraction of sp³-hybridized carbons (Fsp3) is 0.125. The molecule has 2 aromatic rings. The molecule has 5 nitrogen and oxygen atoms in total. The van der Waals surface area contributed by atoms with Gasteiger partial charge in [0.15, 0.2) is 0 Å². The first-order valence-corrected chi connectivity index (χ1v) is 8.01. The summed E-state index contributed by atoms with van der Waals surface area (Å²) in [6.07, 6.45) is -4.63. The Morgan fingerprint density at radius 3 is 1.92 bits per heavy atom. The molecular formula is C16H12Cl2F3N3O2. The van der Waals surface area contributed by atoms with Gasteiger partial charge in [-0.3, -0.25) is 4.79 Å². The predicted molar refractivity (Wildman–Crippen MR) is 94.9 cm³/mol. The topological polar surface area (TPSA) is 70.2 Å². The Balaban J connectivity index is 2.02. The van der Waals surface area contributed by atoms with E-state index in [4.69, 9.17) is 23.2 Å². The molecule has 3 amide bonds. The molecule has 0 aliphatic rings. The summed E-state index contributed by atoms with van der Waals surface area (Å²) in [6, 6.07) is 8.38. The van der Waals surface area contributed by atoms with Crippen LogP contribution in [0.25, 0.3) is 0 Å². The minimum atomic E-state index is -4.63. The molecule has 0 spiro atoms. The standard InChI is InChI=1S/C16H12Cl2F3N3O2/c17-8-14(25)22-9-1-3-10(4-2-9)23-15(26)24-11-5-6-13(18)12(7-11)16(19,20)21/h1-7H,8H2,(H,22,25)(H2,23,24,26). The maximum absolute atomic E-state index is 12.8. The lowest BCUT2D eigenvalue weighted by Crippen LogP contribution is -2.20. The summed E-state index contributed by atoms with van der Waals surface area (Å²) in [5.41, 5.74) is -0.257. The van der Waals surface area contributed by atoms with Gasteiger partial charge in [0.1, 0.15) is 5.88 Å². The van der Waals surface area contributed by atoms with Crippen LogP contribution >= 0.6 is 23.2 Å². The molecule has 0 heterocycles. The maximum atomic E-state index is 12.8. The van der Waals surface area contributed by atoms with E-state index < -0.39 is 22.8 Å². The lowest BCUT2D eigenvalue weighted by molar-refractivity contribution is -0.137. The van der Waals surface area contributed by atoms with Crippen LogP contribution in [0.5, 0.6) is 0 Å². The van der Waals surface area contributed by atoms with Crippen LogP contribution in [-0.4, -0.2) is 17.8 Å². The molecule has 0 atom stereocenters. The fourth-order valence-corrected chi connectivity index (χ4v) is 2.24. The van der Waals surface area contributed by atoms with Gasteiger partial charge in [0.05, 0.1) is 10.6 Å². The molecule has 0 fully saturated rings. The van der Waals surface area contributed by atoms with Crippen LogP contribution in [0.3, 0.4) is 0 Å². The summed E-state index contributed by atoms with van der Waals surface area (Å²) in [4.78, 5) is 23.1. The average Bonchev–Trinajstić information content (AvgIpc) is 2.57. The van der Waals surface area contributed by atoms with E-state index in [1.54, 1.807) is 0 Å². The number of rotatable bonds is 4. The van der Waals surface area contributed by atoms with Gasteiger partial charge in [-0.25, -0.2) is 4.79 Å². The van der Waals surface area contributed by atoms with E-state index in [-0.39, 0.29) is 17.5 Å². The molecule has 26 heavy (non-hydrogen) atoms. The van der Waals surface area contributed by atoms with Gasteiger partial charge in [-0.05, 0) is 42.5 Å². The Hall–Kier alpha value is -2.45. The molecule has 0 saturated heterocycles. The van der Waals surface area contributed by atoms with Crippen molar-refractivity contribution >= 4 is 52.2 Å². The molecule has 2 aromatic carbocycles. The SMILES string of the molecule is O=C(CCl)Nc1ccc(NC(=O)Nc2ccc(Cl)c(C(F)(F)F)c2)cc1. The van der Waals surface area contributed by atoms with Crippen molar-refractivity contribution in [2.24, 2.45) is 0 Å². The highest BCUT2D eigenvalue weighted by Gasteiger charge is 2.33. The number of urea groups is 1. The summed E-state index contributed by atoms with van der Waals surface area (Å²) in [5.74, 6) is -0.572. The van der Waals surface area contributed by atoms with Crippen LogP contribution in [0.2, 0.25) is 5.02 Å². The van der Waals surface area contributed by atoms with Crippen molar-refractivity contribution in [2.45, 2.75) is 6.18 Å². The van der Waals surface area contributed by atoms with Gasteiger partial charge in [-0.1, -0.05) is 11.6 Å². The predicted octanol–water partition coefficient (Wildman–Crippen LogP) is 5.18. The highest BCUT2D eigenvalue weighted by atomic mass is 35.5. The summed E-state index contributed by atoms with van der Waals surface area (Å²) in [7, 11) is 0. The Kier molecular flexibility index (Phi) is 6.33. The number of amides is 3. The summed E-state index contributed by atoms with van der Waals surface area (Å²) in [5, 5.41) is 6.80. The first-order chi connectivity index (χ1) is 12.2. The summed E-state index contributed by atoms with van der Waals surface area (Å²) < 4.78 is 38.4. The molecule has 10 heteroatoms.